The van der Waals surface area contributed by atoms with E-state index in [0.29, 0.717) is 10.8 Å². The van der Waals surface area contributed by atoms with Crippen LogP contribution in [0.2, 0.25) is 0 Å². The first-order chi connectivity index (χ1) is 10.5. The van der Waals surface area contributed by atoms with Crippen molar-refractivity contribution < 1.29 is 0 Å². The molecule has 0 bridgehead atoms. The Morgan fingerprint density at radius 2 is 1.82 bits per heavy atom. The van der Waals surface area contributed by atoms with Gasteiger partial charge in [-0.2, -0.15) is 0 Å². The van der Waals surface area contributed by atoms with Crippen LogP contribution in [0.4, 0.5) is 0 Å². The van der Waals surface area contributed by atoms with Crippen LogP contribution in [0.3, 0.4) is 0 Å². The van der Waals surface area contributed by atoms with E-state index in [9.17, 15) is 0 Å². The van der Waals surface area contributed by atoms with E-state index in [1.165, 1.54) is 57.8 Å². The van der Waals surface area contributed by atoms with Gasteiger partial charge in [-0.15, -0.1) is 0 Å². The normalized spacial score (nSPS) is 53.0. The van der Waals surface area contributed by atoms with Gasteiger partial charge in [0.15, 0.2) is 0 Å². The largest absolute Gasteiger partial charge is 0.0993 e. The average molecular weight is 299 g/mol. The van der Waals surface area contributed by atoms with Gasteiger partial charge in [-0.1, -0.05) is 37.6 Å². The lowest BCUT2D eigenvalue weighted by Crippen LogP contribution is -2.52. The maximum absolute atomic E-state index is 4.46. The lowest BCUT2D eigenvalue weighted by Gasteiger charge is -2.60. The molecule has 6 unspecified atom stereocenters. The summed E-state index contributed by atoms with van der Waals surface area (Å²) in [6, 6.07) is 0. The highest BCUT2D eigenvalue weighted by Crippen LogP contribution is 2.67. The van der Waals surface area contributed by atoms with Gasteiger partial charge in [-0.25, -0.2) is 0 Å². The minimum Gasteiger partial charge on any atom is -0.0993 e. The van der Waals surface area contributed by atoms with Crippen molar-refractivity contribution in [3.05, 3.63) is 23.8 Å². The number of allylic oxidation sites excluding steroid dienone is 3. The van der Waals surface area contributed by atoms with E-state index in [4.69, 9.17) is 0 Å². The zero-order chi connectivity index (χ0) is 15.5. The maximum atomic E-state index is 4.46. The number of fused-ring (bicyclic) bond motifs is 5. The highest BCUT2D eigenvalue weighted by Gasteiger charge is 2.58. The number of rotatable bonds is 0. The van der Waals surface area contributed by atoms with Crippen molar-refractivity contribution >= 4 is 0 Å². The average Bonchev–Trinajstić information content (AvgIpc) is 2.82. The molecule has 0 heterocycles. The highest BCUT2D eigenvalue weighted by atomic mass is 14.6. The van der Waals surface area contributed by atoms with Crippen LogP contribution in [0.15, 0.2) is 23.8 Å². The zero-order valence-electron chi connectivity index (χ0n) is 15.0. The summed E-state index contributed by atoms with van der Waals surface area (Å²) in [5.41, 5.74) is 4.47. The van der Waals surface area contributed by atoms with E-state index in [1.807, 2.05) is 0 Å². The monoisotopic (exact) mass is 298 g/mol. The first-order valence-corrected chi connectivity index (χ1v) is 9.81. The second kappa shape index (κ2) is 4.99. The fourth-order valence-electron chi connectivity index (χ4n) is 7.28. The topological polar surface area (TPSA) is 0 Å². The van der Waals surface area contributed by atoms with Crippen molar-refractivity contribution in [1.82, 2.24) is 0 Å². The van der Waals surface area contributed by atoms with Crippen molar-refractivity contribution in [2.45, 2.75) is 78.6 Å². The first-order valence-electron chi connectivity index (χ1n) is 9.81. The molecular formula is C22H34. The molecule has 0 radical (unpaired) electrons. The van der Waals surface area contributed by atoms with Crippen LogP contribution in [-0.4, -0.2) is 0 Å². The summed E-state index contributed by atoms with van der Waals surface area (Å²) in [4.78, 5) is 0. The van der Waals surface area contributed by atoms with Gasteiger partial charge in [0.2, 0.25) is 0 Å². The van der Waals surface area contributed by atoms with Gasteiger partial charge in [-0.05, 0) is 99.2 Å². The molecule has 0 spiro atoms. The lowest BCUT2D eigenvalue weighted by molar-refractivity contribution is -0.0903. The quantitative estimate of drug-likeness (QED) is 0.446. The Morgan fingerprint density at radius 3 is 2.59 bits per heavy atom. The van der Waals surface area contributed by atoms with Crippen molar-refractivity contribution in [3.8, 4) is 0 Å². The van der Waals surface area contributed by atoms with Crippen LogP contribution in [-0.2, 0) is 0 Å². The predicted octanol–water partition coefficient (Wildman–Crippen LogP) is 6.53. The molecule has 0 aliphatic heterocycles. The Kier molecular flexibility index (Phi) is 3.41. The molecule has 0 N–H and O–H groups in total. The van der Waals surface area contributed by atoms with Crippen molar-refractivity contribution in [1.29, 1.82) is 0 Å². The number of hydrogen-bond acceptors (Lipinski definition) is 0. The summed E-state index contributed by atoms with van der Waals surface area (Å²) in [5.74, 6) is 3.95. The molecule has 0 nitrogen and oxygen atoms in total. The Labute approximate surface area is 137 Å². The van der Waals surface area contributed by atoms with Crippen LogP contribution in [0.25, 0.3) is 0 Å². The van der Waals surface area contributed by atoms with E-state index in [2.05, 4.69) is 33.4 Å². The molecule has 0 aromatic rings. The van der Waals surface area contributed by atoms with E-state index in [0.717, 1.165) is 23.7 Å². The van der Waals surface area contributed by atoms with Gasteiger partial charge < -0.3 is 0 Å². The van der Waals surface area contributed by atoms with Crippen LogP contribution in [0.5, 0.6) is 0 Å². The molecule has 0 aromatic carbocycles. The predicted molar refractivity (Wildman–Crippen MR) is 94.6 cm³/mol. The summed E-state index contributed by atoms with van der Waals surface area (Å²) in [5, 5.41) is 0. The molecule has 4 fully saturated rings. The molecule has 4 aliphatic rings. The second-order valence-corrected chi connectivity index (χ2v) is 9.41. The minimum atomic E-state index is 0.494. The van der Waals surface area contributed by atoms with Crippen LogP contribution >= 0.6 is 0 Å². The molecule has 22 heavy (non-hydrogen) atoms. The summed E-state index contributed by atoms with van der Waals surface area (Å²) in [6.07, 6.45) is 15.3. The van der Waals surface area contributed by atoms with Gasteiger partial charge in [0.05, 0.1) is 0 Å². The first kappa shape index (κ1) is 15.0. The summed E-state index contributed by atoms with van der Waals surface area (Å²) >= 11 is 0. The molecule has 4 rings (SSSR count). The zero-order valence-corrected chi connectivity index (χ0v) is 15.0. The molecule has 6 atom stereocenters. The third kappa shape index (κ3) is 1.88. The molecule has 0 saturated heterocycles. The van der Waals surface area contributed by atoms with Gasteiger partial charge >= 0.3 is 0 Å². The van der Waals surface area contributed by atoms with Crippen LogP contribution < -0.4 is 0 Å². The standard InChI is InChI=1S/C22H34/c1-5-16-10-12-22(4)17(14-16)7-8-18-19-9-6-15(2)21(19,3)13-11-20(18)22/h5,17-20H,2,6-14H2,1,3-4H3. The fourth-order valence-corrected chi connectivity index (χ4v) is 7.28. The van der Waals surface area contributed by atoms with Crippen molar-refractivity contribution in [3.63, 3.8) is 0 Å². The van der Waals surface area contributed by atoms with Crippen LogP contribution in [0.1, 0.15) is 78.6 Å². The molecule has 0 amide bonds. The van der Waals surface area contributed by atoms with Crippen molar-refractivity contribution in [2.75, 3.05) is 0 Å². The summed E-state index contributed by atoms with van der Waals surface area (Å²) in [6.45, 7) is 11.9. The molecular weight excluding hydrogens is 264 g/mol. The smallest absolute Gasteiger partial charge is 0.00879 e. The Hall–Kier alpha value is -0.520. The van der Waals surface area contributed by atoms with Gasteiger partial charge in [-0.3, -0.25) is 0 Å². The molecule has 4 aliphatic carbocycles. The van der Waals surface area contributed by atoms with Gasteiger partial charge in [0.25, 0.3) is 0 Å². The summed E-state index contributed by atoms with van der Waals surface area (Å²) < 4.78 is 0. The van der Waals surface area contributed by atoms with E-state index < -0.39 is 0 Å². The van der Waals surface area contributed by atoms with Crippen molar-refractivity contribution in [2.24, 2.45) is 34.5 Å². The molecule has 0 aromatic heterocycles. The van der Waals surface area contributed by atoms with E-state index >= 15 is 0 Å². The maximum Gasteiger partial charge on any atom is -0.00879 e. The Bertz CT molecular complexity index is 512. The fraction of sp³-hybridized carbons (Fsp3) is 0.818. The third-order valence-electron chi connectivity index (χ3n) is 8.92. The third-order valence-corrected chi connectivity index (χ3v) is 8.92. The van der Waals surface area contributed by atoms with E-state index in [1.54, 1.807) is 11.1 Å². The highest BCUT2D eigenvalue weighted by molar-refractivity contribution is 5.22. The minimum absolute atomic E-state index is 0.494. The Balaban J connectivity index is 1.63. The van der Waals surface area contributed by atoms with Crippen LogP contribution in [0, 0.1) is 34.5 Å². The SMILES string of the molecule is C=C1CCC2C3CCC4CC(=CC)CCC4(C)C3CCC12C. The molecule has 0 heteroatoms. The molecule has 122 valence electrons. The second-order valence-electron chi connectivity index (χ2n) is 9.41. The number of hydrogen-bond donors (Lipinski definition) is 0. The van der Waals surface area contributed by atoms with Gasteiger partial charge in [0, 0.05) is 0 Å². The van der Waals surface area contributed by atoms with E-state index in [-0.39, 0.29) is 0 Å². The summed E-state index contributed by atoms with van der Waals surface area (Å²) in [7, 11) is 0. The van der Waals surface area contributed by atoms with Gasteiger partial charge in [0.1, 0.15) is 0 Å². The lowest BCUT2D eigenvalue weighted by atomic mass is 9.45. The Morgan fingerprint density at radius 1 is 1.00 bits per heavy atom. The molecule has 4 saturated carbocycles.